The molecule has 0 spiro atoms. The topological polar surface area (TPSA) is 41.5 Å². The average molecular weight is 239 g/mol. The van der Waals surface area contributed by atoms with Crippen molar-refractivity contribution >= 4 is 11.8 Å². The number of ether oxygens (including phenoxy) is 1. The highest BCUT2D eigenvalue weighted by Crippen LogP contribution is 2.37. The molecule has 0 aliphatic carbocycles. The van der Waals surface area contributed by atoms with Crippen molar-refractivity contribution in [3.05, 3.63) is 23.8 Å². The number of nitrogens with one attached hydrogen (secondary N) is 1. The third-order valence-corrected chi connectivity index (χ3v) is 4.17. The lowest BCUT2D eigenvalue weighted by Crippen LogP contribution is -2.28. The van der Waals surface area contributed by atoms with Gasteiger partial charge in [-0.3, -0.25) is 0 Å². The van der Waals surface area contributed by atoms with Gasteiger partial charge in [0.2, 0.25) is 0 Å². The Morgan fingerprint density at radius 2 is 2.31 bits per heavy atom. The van der Waals surface area contributed by atoms with Gasteiger partial charge in [-0.25, -0.2) is 0 Å². The maximum Gasteiger partial charge on any atom is 0.160 e. The van der Waals surface area contributed by atoms with Gasteiger partial charge < -0.3 is 15.2 Å². The summed E-state index contributed by atoms with van der Waals surface area (Å²) in [4.78, 5) is 0. The maximum absolute atomic E-state index is 9.53. The van der Waals surface area contributed by atoms with Crippen molar-refractivity contribution in [1.82, 2.24) is 5.32 Å². The minimum absolute atomic E-state index is 0.195. The molecule has 2 atom stereocenters. The first kappa shape index (κ1) is 11.6. The molecule has 3 nitrogen and oxygen atoms in total. The highest BCUT2D eigenvalue weighted by atomic mass is 32.2. The van der Waals surface area contributed by atoms with Crippen LogP contribution in [-0.2, 0) is 0 Å². The Morgan fingerprint density at radius 1 is 1.50 bits per heavy atom. The zero-order valence-corrected chi connectivity index (χ0v) is 10.4. The van der Waals surface area contributed by atoms with Crippen LogP contribution in [0, 0.1) is 0 Å². The van der Waals surface area contributed by atoms with Gasteiger partial charge in [0.25, 0.3) is 0 Å². The summed E-state index contributed by atoms with van der Waals surface area (Å²) in [6, 6.07) is 5.54. The molecule has 0 radical (unpaired) electrons. The van der Waals surface area contributed by atoms with Crippen LogP contribution >= 0.6 is 11.8 Å². The van der Waals surface area contributed by atoms with Crippen LogP contribution in [0.3, 0.4) is 0 Å². The molecule has 2 unspecified atom stereocenters. The number of methoxy groups -OCH3 is 1. The number of aromatic hydroxyl groups is 1. The van der Waals surface area contributed by atoms with Gasteiger partial charge in [-0.15, -0.1) is 11.8 Å². The lowest BCUT2D eigenvalue weighted by atomic mass is 10.2. The van der Waals surface area contributed by atoms with Crippen LogP contribution < -0.4 is 10.1 Å². The third-order valence-electron chi connectivity index (χ3n) is 2.76. The van der Waals surface area contributed by atoms with Crippen molar-refractivity contribution in [2.75, 3.05) is 13.7 Å². The highest BCUT2D eigenvalue weighted by molar-refractivity contribution is 8.00. The van der Waals surface area contributed by atoms with Crippen molar-refractivity contribution in [2.24, 2.45) is 0 Å². The number of hydrogen-bond acceptors (Lipinski definition) is 4. The van der Waals surface area contributed by atoms with Gasteiger partial charge in [0.05, 0.1) is 12.5 Å². The summed E-state index contributed by atoms with van der Waals surface area (Å²) in [7, 11) is 1.57. The minimum atomic E-state index is 0.195. The molecule has 1 fully saturated rings. The summed E-state index contributed by atoms with van der Waals surface area (Å²) in [5.74, 6) is 0.734. The molecule has 2 N–H and O–H groups in total. The molecule has 4 heteroatoms. The fourth-order valence-corrected chi connectivity index (χ4v) is 3.06. The summed E-state index contributed by atoms with van der Waals surface area (Å²) in [6.07, 6.45) is 1.20. The van der Waals surface area contributed by atoms with E-state index in [9.17, 15) is 5.11 Å². The van der Waals surface area contributed by atoms with E-state index in [1.807, 2.05) is 23.9 Å². The second kappa shape index (κ2) is 4.97. The van der Waals surface area contributed by atoms with E-state index in [1.165, 1.54) is 6.42 Å². The molecular weight excluding hydrogens is 222 g/mol. The Kier molecular flexibility index (Phi) is 3.61. The first-order chi connectivity index (χ1) is 7.70. The number of hydrogen-bond donors (Lipinski definition) is 2. The lowest BCUT2D eigenvalue weighted by molar-refractivity contribution is 0.372. The molecule has 1 aromatic rings. The number of rotatable bonds is 2. The van der Waals surface area contributed by atoms with E-state index in [1.54, 1.807) is 13.2 Å². The second-order valence-electron chi connectivity index (χ2n) is 4.00. The van der Waals surface area contributed by atoms with Gasteiger partial charge in [0.1, 0.15) is 0 Å². The maximum atomic E-state index is 9.53. The van der Waals surface area contributed by atoms with Crippen LogP contribution in [0.5, 0.6) is 11.5 Å². The van der Waals surface area contributed by atoms with Gasteiger partial charge in [-0.2, -0.15) is 0 Å². The first-order valence-electron chi connectivity index (χ1n) is 5.46. The summed E-state index contributed by atoms with van der Waals surface area (Å²) < 4.78 is 5.12. The summed E-state index contributed by atoms with van der Waals surface area (Å²) in [5, 5.41) is 14.0. The molecule has 1 aromatic carbocycles. The fraction of sp³-hybridized carbons (Fsp3) is 0.500. The van der Waals surface area contributed by atoms with E-state index in [0.29, 0.717) is 16.4 Å². The van der Waals surface area contributed by atoms with E-state index in [4.69, 9.17) is 4.74 Å². The van der Waals surface area contributed by atoms with Gasteiger partial charge >= 0.3 is 0 Å². The Balaban J connectivity index is 2.19. The van der Waals surface area contributed by atoms with Crippen LogP contribution in [0.4, 0.5) is 0 Å². The summed E-state index contributed by atoms with van der Waals surface area (Å²) in [6.45, 7) is 3.29. The molecule has 0 bridgehead atoms. The largest absolute Gasteiger partial charge is 0.504 e. The molecule has 88 valence electrons. The van der Waals surface area contributed by atoms with Crippen molar-refractivity contribution in [3.63, 3.8) is 0 Å². The van der Waals surface area contributed by atoms with Crippen molar-refractivity contribution in [3.8, 4) is 11.5 Å². The standard InChI is InChI=1S/C12H17NO2S/c1-8-5-6-13-12(16-8)9-3-4-10(14)11(7-9)15-2/h3-4,7-8,12-14H,5-6H2,1-2H3. The number of benzene rings is 1. The molecule has 2 rings (SSSR count). The zero-order chi connectivity index (χ0) is 11.5. The van der Waals surface area contributed by atoms with Crippen LogP contribution in [0.25, 0.3) is 0 Å². The predicted molar refractivity (Wildman–Crippen MR) is 67.1 cm³/mol. The Labute approximate surface area is 100 Å². The number of phenols is 1. The van der Waals surface area contributed by atoms with Crippen molar-refractivity contribution < 1.29 is 9.84 Å². The van der Waals surface area contributed by atoms with E-state index >= 15 is 0 Å². The SMILES string of the molecule is COc1cc(C2NCCC(C)S2)ccc1O. The zero-order valence-electron chi connectivity index (χ0n) is 9.56. The van der Waals surface area contributed by atoms with E-state index in [2.05, 4.69) is 12.2 Å². The molecule has 1 aliphatic rings. The predicted octanol–water partition coefficient (Wildman–Crippen LogP) is 2.51. The lowest BCUT2D eigenvalue weighted by Gasteiger charge is -2.28. The van der Waals surface area contributed by atoms with Crippen LogP contribution in [0.2, 0.25) is 0 Å². The molecular formula is C12H17NO2S. The average Bonchev–Trinajstić information content (AvgIpc) is 2.29. The second-order valence-corrected chi connectivity index (χ2v) is 5.55. The quantitative estimate of drug-likeness (QED) is 0.832. The molecule has 1 heterocycles. The van der Waals surface area contributed by atoms with Crippen LogP contribution in [0.1, 0.15) is 24.3 Å². The van der Waals surface area contributed by atoms with Gasteiger partial charge in [-0.1, -0.05) is 13.0 Å². The molecule has 16 heavy (non-hydrogen) atoms. The molecule has 1 saturated heterocycles. The molecule has 0 aromatic heterocycles. The highest BCUT2D eigenvalue weighted by Gasteiger charge is 2.21. The molecule has 1 aliphatic heterocycles. The van der Waals surface area contributed by atoms with Gasteiger partial charge in [0, 0.05) is 5.25 Å². The molecule has 0 amide bonds. The van der Waals surface area contributed by atoms with E-state index in [0.717, 1.165) is 12.1 Å². The normalized spacial score (nSPS) is 25.4. The van der Waals surface area contributed by atoms with E-state index in [-0.39, 0.29) is 5.75 Å². The monoisotopic (exact) mass is 239 g/mol. The number of thioether (sulfide) groups is 1. The first-order valence-corrected chi connectivity index (χ1v) is 6.40. The van der Waals surface area contributed by atoms with Crippen molar-refractivity contribution in [1.29, 1.82) is 0 Å². The number of phenolic OH excluding ortho intramolecular Hbond substituents is 1. The summed E-state index contributed by atoms with van der Waals surface area (Å²) >= 11 is 1.92. The van der Waals surface area contributed by atoms with E-state index < -0.39 is 0 Å². The van der Waals surface area contributed by atoms with Crippen molar-refractivity contribution in [2.45, 2.75) is 24.0 Å². The smallest absolute Gasteiger partial charge is 0.160 e. The Morgan fingerprint density at radius 3 is 3.00 bits per heavy atom. The van der Waals surface area contributed by atoms with Gasteiger partial charge in [-0.05, 0) is 30.7 Å². The minimum Gasteiger partial charge on any atom is -0.504 e. The third kappa shape index (κ3) is 2.44. The van der Waals surface area contributed by atoms with Crippen LogP contribution in [0.15, 0.2) is 18.2 Å². The Hall–Kier alpha value is -0.870. The van der Waals surface area contributed by atoms with Gasteiger partial charge in [0.15, 0.2) is 11.5 Å². The fourth-order valence-electron chi connectivity index (χ4n) is 1.82. The Bertz CT molecular complexity index is 370. The van der Waals surface area contributed by atoms with Crippen LogP contribution in [-0.4, -0.2) is 24.0 Å². The molecule has 0 saturated carbocycles. The summed E-state index contributed by atoms with van der Waals surface area (Å²) in [5.41, 5.74) is 1.16.